The molecule has 0 aliphatic carbocycles. The highest BCUT2D eigenvalue weighted by atomic mass is 16.6. The second kappa shape index (κ2) is 8.50. The number of azide groups is 1. The predicted molar refractivity (Wildman–Crippen MR) is 106 cm³/mol. The smallest absolute Gasteiger partial charge is 0.410 e. The van der Waals surface area contributed by atoms with Gasteiger partial charge in [0.2, 0.25) is 5.89 Å². The van der Waals surface area contributed by atoms with E-state index in [1.807, 2.05) is 60.7 Å². The van der Waals surface area contributed by atoms with Gasteiger partial charge in [-0.05, 0) is 17.5 Å². The van der Waals surface area contributed by atoms with Gasteiger partial charge in [0.15, 0.2) is 5.76 Å². The summed E-state index contributed by atoms with van der Waals surface area (Å²) < 4.78 is 11.4. The molecule has 0 unspecified atom stereocenters. The highest BCUT2D eigenvalue weighted by Gasteiger charge is 2.39. The number of amides is 1. The molecule has 1 aromatic heterocycles. The van der Waals surface area contributed by atoms with Crippen LogP contribution in [0.4, 0.5) is 4.79 Å². The van der Waals surface area contributed by atoms with E-state index in [0.717, 1.165) is 11.1 Å². The van der Waals surface area contributed by atoms with Crippen molar-refractivity contribution in [1.29, 1.82) is 0 Å². The quantitative estimate of drug-likeness (QED) is 0.344. The molecule has 8 nitrogen and oxygen atoms in total. The highest BCUT2D eigenvalue weighted by molar-refractivity contribution is 5.69. The molecule has 1 fully saturated rings. The van der Waals surface area contributed by atoms with Crippen molar-refractivity contribution in [3.05, 3.63) is 88.8 Å². The van der Waals surface area contributed by atoms with Gasteiger partial charge in [0.05, 0.1) is 12.2 Å². The van der Waals surface area contributed by atoms with Gasteiger partial charge >= 0.3 is 6.09 Å². The van der Waals surface area contributed by atoms with Crippen LogP contribution in [0.3, 0.4) is 0 Å². The second-order valence-electron chi connectivity index (χ2n) is 6.73. The number of hydrogen-bond acceptors (Lipinski definition) is 5. The summed E-state index contributed by atoms with van der Waals surface area (Å²) >= 11 is 0. The normalized spacial score (nSPS) is 18.3. The van der Waals surface area contributed by atoms with E-state index in [2.05, 4.69) is 15.0 Å². The van der Waals surface area contributed by atoms with Crippen molar-refractivity contribution in [1.82, 2.24) is 9.88 Å². The Kier molecular flexibility index (Phi) is 5.45. The summed E-state index contributed by atoms with van der Waals surface area (Å²) in [5, 5.41) is 3.78. The molecule has 2 heterocycles. The topological polar surface area (TPSA) is 104 Å². The molecular weight excluding hydrogens is 370 g/mol. The first-order chi connectivity index (χ1) is 14.2. The number of ether oxygens (including phenoxy) is 1. The number of carbonyl (C=O) groups is 1. The van der Waals surface area contributed by atoms with Crippen molar-refractivity contribution in [2.24, 2.45) is 5.11 Å². The fourth-order valence-electron chi connectivity index (χ4n) is 3.39. The van der Waals surface area contributed by atoms with Gasteiger partial charge < -0.3 is 9.15 Å². The van der Waals surface area contributed by atoms with Gasteiger partial charge in [0, 0.05) is 17.0 Å². The van der Waals surface area contributed by atoms with Crippen molar-refractivity contribution in [2.45, 2.75) is 25.1 Å². The van der Waals surface area contributed by atoms with Crippen LogP contribution in [0.15, 0.2) is 76.4 Å². The highest BCUT2D eigenvalue weighted by Crippen LogP contribution is 2.35. The minimum absolute atomic E-state index is 0.163. The second-order valence-corrected chi connectivity index (χ2v) is 6.73. The average molecular weight is 389 g/mol. The van der Waals surface area contributed by atoms with Crippen LogP contribution in [-0.4, -0.2) is 28.6 Å². The summed E-state index contributed by atoms with van der Waals surface area (Å²) in [7, 11) is 0. The van der Waals surface area contributed by atoms with E-state index in [1.54, 1.807) is 6.20 Å². The zero-order valence-corrected chi connectivity index (χ0v) is 15.6. The summed E-state index contributed by atoms with van der Waals surface area (Å²) in [5.74, 6) is 1.02. The molecule has 3 aromatic rings. The molecule has 1 saturated heterocycles. The standard InChI is InChI=1S/C21H19N5O3/c22-25-24-17-11-18(20-23-12-19(29-20)16-9-5-2-6-10-16)26(13-17)21(27)28-14-15-7-3-1-4-8-15/h1-10,12,17-18H,11,13-14H2/t17-,18-/m0/s1. The molecule has 0 saturated carbocycles. The van der Waals surface area contributed by atoms with Crippen LogP contribution in [-0.2, 0) is 11.3 Å². The minimum atomic E-state index is -0.492. The number of oxazole rings is 1. The van der Waals surface area contributed by atoms with Crippen molar-refractivity contribution in [3.63, 3.8) is 0 Å². The fraction of sp³-hybridized carbons (Fsp3) is 0.238. The zero-order chi connectivity index (χ0) is 20.1. The van der Waals surface area contributed by atoms with Crippen molar-refractivity contribution >= 4 is 6.09 Å². The van der Waals surface area contributed by atoms with Crippen LogP contribution < -0.4 is 0 Å². The monoisotopic (exact) mass is 389 g/mol. The van der Waals surface area contributed by atoms with E-state index in [-0.39, 0.29) is 19.2 Å². The van der Waals surface area contributed by atoms with Gasteiger partial charge in [-0.25, -0.2) is 9.78 Å². The number of rotatable bonds is 5. The maximum absolute atomic E-state index is 12.7. The van der Waals surface area contributed by atoms with Gasteiger partial charge in [-0.3, -0.25) is 4.90 Å². The first-order valence-electron chi connectivity index (χ1n) is 9.27. The minimum Gasteiger partial charge on any atom is -0.445 e. The maximum atomic E-state index is 12.7. The molecule has 0 bridgehead atoms. The molecule has 1 aliphatic heterocycles. The lowest BCUT2D eigenvalue weighted by molar-refractivity contribution is 0.0877. The average Bonchev–Trinajstić information content (AvgIpc) is 3.41. The van der Waals surface area contributed by atoms with E-state index < -0.39 is 12.1 Å². The van der Waals surface area contributed by atoms with E-state index in [0.29, 0.717) is 18.1 Å². The van der Waals surface area contributed by atoms with Gasteiger partial charge in [-0.15, -0.1) is 0 Å². The number of aromatic nitrogens is 1. The Morgan fingerprint density at radius 3 is 2.66 bits per heavy atom. The molecule has 0 N–H and O–H groups in total. The molecule has 1 aliphatic rings. The summed E-state index contributed by atoms with van der Waals surface area (Å²) in [6.07, 6.45) is 1.58. The Bertz CT molecular complexity index is 1020. The van der Waals surface area contributed by atoms with Gasteiger partial charge in [0.1, 0.15) is 12.6 Å². The zero-order valence-electron chi connectivity index (χ0n) is 15.6. The SMILES string of the molecule is [N-]=[N+]=N[C@H]1C[C@@H](c2ncc(-c3ccccc3)o2)N(C(=O)OCc2ccccc2)C1. The van der Waals surface area contributed by atoms with Gasteiger partial charge in [-0.2, -0.15) is 0 Å². The number of hydrogen-bond donors (Lipinski definition) is 0. The van der Waals surface area contributed by atoms with Crippen LogP contribution in [0.1, 0.15) is 23.9 Å². The lowest BCUT2D eigenvalue weighted by Crippen LogP contribution is -2.32. The molecule has 0 radical (unpaired) electrons. The molecule has 1 amide bonds. The van der Waals surface area contributed by atoms with E-state index in [1.165, 1.54) is 4.90 Å². The summed E-state index contributed by atoms with van der Waals surface area (Å²) in [6, 6.07) is 18.2. The number of likely N-dealkylation sites (tertiary alicyclic amines) is 1. The molecule has 29 heavy (non-hydrogen) atoms. The third kappa shape index (κ3) is 4.23. The van der Waals surface area contributed by atoms with Crippen molar-refractivity contribution in [3.8, 4) is 11.3 Å². The third-order valence-electron chi connectivity index (χ3n) is 4.80. The molecular formula is C21H19N5O3. The molecule has 2 atom stereocenters. The first-order valence-corrected chi connectivity index (χ1v) is 9.27. The fourth-order valence-corrected chi connectivity index (χ4v) is 3.39. The lowest BCUT2D eigenvalue weighted by Gasteiger charge is -2.21. The Labute approximate surface area is 167 Å². The van der Waals surface area contributed by atoms with Crippen LogP contribution in [0.2, 0.25) is 0 Å². The number of carbonyl (C=O) groups excluding carboxylic acids is 1. The van der Waals surface area contributed by atoms with Crippen LogP contribution >= 0.6 is 0 Å². The summed E-state index contributed by atoms with van der Waals surface area (Å²) in [6.45, 7) is 0.418. The Morgan fingerprint density at radius 1 is 1.21 bits per heavy atom. The maximum Gasteiger partial charge on any atom is 0.410 e. The Balaban J connectivity index is 1.52. The predicted octanol–water partition coefficient (Wildman–Crippen LogP) is 5.10. The molecule has 4 rings (SSSR count). The van der Waals surface area contributed by atoms with E-state index in [9.17, 15) is 4.79 Å². The van der Waals surface area contributed by atoms with E-state index in [4.69, 9.17) is 14.7 Å². The summed E-state index contributed by atoms with van der Waals surface area (Å²) in [4.78, 5) is 21.5. The Morgan fingerprint density at radius 2 is 1.93 bits per heavy atom. The van der Waals surface area contributed by atoms with Crippen LogP contribution in [0.5, 0.6) is 0 Å². The van der Waals surface area contributed by atoms with Gasteiger partial charge in [0.25, 0.3) is 0 Å². The van der Waals surface area contributed by atoms with Crippen LogP contribution in [0, 0.1) is 0 Å². The third-order valence-corrected chi connectivity index (χ3v) is 4.80. The van der Waals surface area contributed by atoms with Crippen LogP contribution in [0.25, 0.3) is 21.8 Å². The number of benzene rings is 2. The molecule has 0 spiro atoms. The van der Waals surface area contributed by atoms with E-state index >= 15 is 0 Å². The largest absolute Gasteiger partial charge is 0.445 e. The Hall–Kier alpha value is -3.77. The molecule has 146 valence electrons. The number of nitrogens with zero attached hydrogens (tertiary/aromatic N) is 5. The first kappa shape index (κ1) is 18.6. The molecule has 8 heteroatoms. The molecule has 2 aromatic carbocycles. The summed E-state index contributed by atoms with van der Waals surface area (Å²) in [5.41, 5.74) is 10.6. The van der Waals surface area contributed by atoms with Crippen molar-refractivity contribution in [2.75, 3.05) is 6.54 Å². The van der Waals surface area contributed by atoms with Crippen molar-refractivity contribution < 1.29 is 13.9 Å². The van der Waals surface area contributed by atoms with Gasteiger partial charge in [-0.1, -0.05) is 65.8 Å². The lowest BCUT2D eigenvalue weighted by atomic mass is 10.2.